The van der Waals surface area contributed by atoms with Crippen LogP contribution >= 0.6 is 0 Å². The summed E-state index contributed by atoms with van der Waals surface area (Å²) in [7, 11) is -0.462. The van der Waals surface area contributed by atoms with E-state index in [9.17, 15) is 0 Å². The molecule has 5 aromatic carbocycles. The number of nitrogens with zero attached hydrogens (tertiary/aromatic N) is 1. The summed E-state index contributed by atoms with van der Waals surface area (Å²) in [5.41, 5.74) is 6.13. The summed E-state index contributed by atoms with van der Waals surface area (Å²) in [5.74, 6) is 0. The summed E-state index contributed by atoms with van der Waals surface area (Å²) in [4.78, 5) is 2.39. The van der Waals surface area contributed by atoms with E-state index in [1.807, 2.05) is 0 Å². The van der Waals surface area contributed by atoms with E-state index < -0.39 is 18.3 Å². The van der Waals surface area contributed by atoms with E-state index in [1.54, 1.807) is 0 Å². The molecule has 1 fully saturated rings. The molecule has 0 N–H and O–H groups in total. The second-order valence-corrected chi connectivity index (χ2v) is 11.4. The first-order valence-corrected chi connectivity index (χ1v) is 13.4. The SMILES string of the molecule is Cc1ccc(N(c2ccc(C)cc2)c2c3ccccc3c(B3OC(C)(C)C(C)(C)O3)c3ccccc23)cc1. The van der Waals surface area contributed by atoms with Crippen molar-refractivity contribution in [1.82, 2.24) is 0 Å². The number of benzene rings is 5. The molecule has 0 unspecified atom stereocenters. The van der Waals surface area contributed by atoms with E-state index in [4.69, 9.17) is 9.31 Å². The van der Waals surface area contributed by atoms with Gasteiger partial charge in [0.15, 0.2) is 0 Å². The number of hydrogen-bond donors (Lipinski definition) is 0. The van der Waals surface area contributed by atoms with Gasteiger partial charge in [-0.05, 0) is 82.0 Å². The van der Waals surface area contributed by atoms with Crippen LogP contribution in [0.3, 0.4) is 0 Å². The third-order valence-corrected chi connectivity index (χ3v) is 8.24. The molecule has 1 heterocycles. The van der Waals surface area contributed by atoms with Crippen molar-refractivity contribution in [3.05, 3.63) is 108 Å². The third-order valence-electron chi connectivity index (χ3n) is 8.24. The van der Waals surface area contributed by atoms with Gasteiger partial charge in [-0.3, -0.25) is 0 Å². The molecule has 1 saturated heterocycles. The van der Waals surface area contributed by atoms with Gasteiger partial charge in [0.1, 0.15) is 0 Å². The largest absolute Gasteiger partial charge is 0.496 e. The highest BCUT2D eigenvalue weighted by Gasteiger charge is 2.52. The molecule has 1 aliphatic heterocycles. The second kappa shape index (κ2) is 9.01. The minimum Gasteiger partial charge on any atom is -0.399 e. The van der Waals surface area contributed by atoms with Gasteiger partial charge >= 0.3 is 7.12 Å². The Morgan fingerprint density at radius 2 is 0.895 bits per heavy atom. The van der Waals surface area contributed by atoms with Crippen LogP contribution in [0.15, 0.2) is 97.1 Å². The maximum Gasteiger partial charge on any atom is 0.496 e. The Morgan fingerprint density at radius 3 is 1.29 bits per heavy atom. The Labute approximate surface area is 226 Å². The van der Waals surface area contributed by atoms with Crippen molar-refractivity contribution < 1.29 is 9.31 Å². The van der Waals surface area contributed by atoms with E-state index in [0.29, 0.717) is 0 Å². The zero-order valence-electron chi connectivity index (χ0n) is 23.1. The molecule has 3 nitrogen and oxygen atoms in total. The molecule has 0 aromatic heterocycles. The van der Waals surface area contributed by atoms with Gasteiger partial charge in [-0.15, -0.1) is 0 Å². The summed E-state index contributed by atoms with van der Waals surface area (Å²) >= 11 is 0. The smallest absolute Gasteiger partial charge is 0.399 e. The first kappa shape index (κ1) is 24.7. The first-order valence-electron chi connectivity index (χ1n) is 13.4. The Morgan fingerprint density at radius 1 is 0.526 bits per heavy atom. The van der Waals surface area contributed by atoms with Crippen LogP contribution < -0.4 is 10.4 Å². The fourth-order valence-corrected chi connectivity index (χ4v) is 5.39. The van der Waals surface area contributed by atoms with Gasteiger partial charge in [-0.1, -0.05) is 83.9 Å². The minimum atomic E-state index is -0.462. The first-order chi connectivity index (χ1) is 18.2. The van der Waals surface area contributed by atoms with E-state index in [2.05, 4.69) is 144 Å². The van der Waals surface area contributed by atoms with Crippen LogP contribution in [0.1, 0.15) is 38.8 Å². The van der Waals surface area contributed by atoms with Crippen LogP contribution in [0.5, 0.6) is 0 Å². The molecular formula is C34H34BNO2. The number of aryl methyl sites for hydroxylation is 2. The molecule has 0 amide bonds. The summed E-state index contributed by atoms with van der Waals surface area (Å²) in [6, 6.07) is 34.9. The predicted octanol–water partition coefficient (Wildman–Crippen LogP) is 8.38. The molecule has 1 aliphatic rings. The number of hydrogen-bond acceptors (Lipinski definition) is 3. The van der Waals surface area contributed by atoms with Crippen molar-refractivity contribution in [2.45, 2.75) is 52.7 Å². The molecule has 0 saturated carbocycles. The van der Waals surface area contributed by atoms with Crippen LogP contribution in [0.2, 0.25) is 0 Å². The Hall–Kier alpha value is -3.60. The fraction of sp³-hybridized carbons (Fsp3) is 0.235. The number of anilines is 3. The van der Waals surface area contributed by atoms with Gasteiger partial charge in [-0.2, -0.15) is 0 Å². The molecule has 190 valence electrons. The lowest BCUT2D eigenvalue weighted by Gasteiger charge is -2.32. The molecule has 0 atom stereocenters. The summed E-state index contributed by atoms with van der Waals surface area (Å²) < 4.78 is 13.3. The maximum atomic E-state index is 6.63. The van der Waals surface area contributed by atoms with Gasteiger partial charge in [0.05, 0.1) is 16.9 Å². The van der Waals surface area contributed by atoms with Gasteiger partial charge in [-0.25, -0.2) is 0 Å². The summed E-state index contributed by atoms with van der Waals surface area (Å²) in [6.07, 6.45) is 0. The van der Waals surface area contributed by atoms with E-state index in [-0.39, 0.29) is 0 Å². The lowest BCUT2D eigenvalue weighted by molar-refractivity contribution is 0.00578. The second-order valence-electron chi connectivity index (χ2n) is 11.4. The summed E-state index contributed by atoms with van der Waals surface area (Å²) in [6.45, 7) is 12.7. The van der Waals surface area contributed by atoms with Gasteiger partial charge in [0.25, 0.3) is 0 Å². The molecule has 6 rings (SSSR count). The Balaban J connectivity index is 1.69. The summed E-state index contributed by atoms with van der Waals surface area (Å²) in [5, 5.41) is 4.61. The normalized spacial score (nSPS) is 16.3. The topological polar surface area (TPSA) is 21.7 Å². The molecule has 0 spiro atoms. The third kappa shape index (κ3) is 4.00. The monoisotopic (exact) mass is 499 g/mol. The molecule has 4 heteroatoms. The van der Waals surface area contributed by atoms with Crippen LogP contribution in [-0.2, 0) is 9.31 Å². The molecule has 38 heavy (non-hydrogen) atoms. The van der Waals surface area contributed by atoms with Crippen LogP contribution in [0.4, 0.5) is 17.1 Å². The van der Waals surface area contributed by atoms with Crippen molar-refractivity contribution in [1.29, 1.82) is 0 Å². The average molecular weight is 499 g/mol. The highest BCUT2D eigenvalue weighted by atomic mass is 16.7. The Bertz CT molecular complexity index is 1520. The minimum absolute atomic E-state index is 0.422. The molecule has 0 aliphatic carbocycles. The Kier molecular flexibility index (Phi) is 5.86. The maximum absolute atomic E-state index is 6.63. The number of fused-ring (bicyclic) bond motifs is 2. The van der Waals surface area contributed by atoms with Crippen LogP contribution in [0.25, 0.3) is 21.5 Å². The zero-order valence-corrected chi connectivity index (χ0v) is 23.1. The van der Waals surface area contributed by atoms with E-state index in [1.165, 1.54) is 11.1 Å². The zero-order chi connectivity index (χ0) is 26.7. The predicted molar refractivity (Wildman–Crippen MR) is 161 cm³/mol. The highest BCUT2D eigenvalue weighted by molar-refractivity contribution is 6.69. The average Bonchev–Trinajstić information content (AvgIpc) is 3.11. The number of rotatable bonds is 4. The lowest BCUT2D eigenvalue weighted by atomic mass is 9.72. The standard InChI is InChI=1S/C34H34BNO2/c1-23-15-19-25(20-16-23)36(26-21-17-24(2)18-22-26)32-29-13-9-7-11-27(29)31(28-12-8-10-14-30(28)32)35-37-33(3,4)34(5,6)38-35/h7-22H,1-6H3. The van der Waals surface area contributed by atoms with Crippen molar-refractivity contribution in [2.24, 2.45) is 0 Å². The van der Waals surface area contributed by atoms with Gasteiger partial charge < -0.3 is 14.2 Å². The fourth-order valence-electron chi connectivity index (χ4n) is 5.39. The highest BCUT2D eigenvalue weighted by Crippen LogP contribution is 2.45. The van der Waals surface area contributed by atoms with Crippen molar-refractivity contribution >= 4 is 51.2 Å². The molecule has 5 aromatic rings. The quantitative estimate of drug-likeness (QED) is 0.183. The molecular weight excluding hydrogens is 465 g/mol. The van der Waals surface area contributed by atoms with E-state index >= 15 is 0 Å². The van der Waals surface area contributed by atoms with Crippen LogP contribution in [-0.4, -0.2) is 18.3 Å². The van der Waals surface area contributed by atoms with E-state index in [0.717, 1.165) is 44.1 Å². The lowest BCUT2D eigenvalue weighted by Crippen LogP contribution is -2.41. The van der Waals surface area contributed by atoms with Crippen LogP contribution in [0, 0.1) is 13.8 Å². The van der Waals surface area contributed by atoms with Gasteiger partial charge in [0, 0.05) is 22.1 Å². The molecule has 0 radical (unpaired) electrons. The van der Waals surface area contributed by atoms with Gasteiger partial charge in [0.2, 0.25) is 0 Å². The molecule has 0 bridgehead atoms. The van der Waals surface area contributed by atoms with Crippen molar-refractivity contribution in [2.75, 3.05) is 4.90 Å². The van der Waals surface area contributed by atoms with Crippen molar-refractivity contribution in [3.8, 4) is 0 Å². The van der Waals surface area contributed by atoms with Crippen molar-refractivity contribution in [3.63, 3.8) is 0 Å².